The Bertz CT molecular complexity index is 694. The van der Waals surface area contributed by atoms with Crippen LogP contribution in [0.1, 0.15) is 11.3 Å². The van der Waals surface area contributed by atoms with E-state index in [1.165, 1.54) is 24.3 Å². The Morgan fingerprint density at radius 2 is 1.86 bits per heavy atom. The van der Waals surface area contributed by atoms with Crippen molar-refractivity contribution in [1.82, 2.24) is 9.97 Å². The molecule has 1 aromatic carbocycles. The predicted molar refractivity (Wildman–Crippen MR) is 73.4 cm³/mol. The lowest BCUT2D eigenvalue weighted by molar-refractivity contribution is -0.385. The number of nitrogen functional groups attached to an aromatic ring is 2. The van der Waals surface area contributed by atoms with Gasteiger partial charge in [-0.3, -0.25) is 10.1 Å². The molecule has 2 rings (SSSR count). The normalized spacial score (nSPS) is 10.7. The van der Waals surface area contributed by atoms with Crippen LogP contribution in [0.4, 0.5) is 26.2 Å². The molecule has 0 aliphatic heterocycles. The lowest BCUT2D eigenvalue weighted by Crippen LogP contribution is -2.09. The number of rotatable bonds is 5. The maximum atomic E-state index is 12.1. The zero-order chi connectivity index (χ0) is 16.3. The largest absolute Gasteiger partial charge is 0.435 e. The number of nitrogens with zero attached hydrogens (tertiary/aromatic N) is 3. The third-order valence-electron chi connectivity index (χ3n) is 2.70. The minimum absolute atomic E-state index is 0.0186. The van der Waals surface area contributed by atoms with Gasteiger partial charge in [-0.25, -0.2) is 4.98 Å². The monoisotopic (exact) mass is 311 g/mol. The van der Waals surface area contributed by atoms with Gasteiger partial charge in [0.05, 0.1) is 4.92 Å². The molecule has 0 saturated heterocycles. The van der Waals surface area contributed by atoms with Crippen molar-refractivity contribution in [2.75, 3.05) is 11.5 Å². The van der Waals surface area contributed by atoms with Crippen molar-refractivity contribution in [3.05, 3.63) is 45.6 Å². The van der Waals surface area contributed by atoms with Crippen LogP contribution >= 0.6 is 0 Å². The molecule has 0 aliphatic carbocycles. The number of anilines is 2. The fourth-order valence-electron chi connectivity index (χ4n) is 1.84. The van der Waals surface area contributed by atoms with E-state index in [4.69, 9.17) is 11.5 Å². The van der Waals surface area contributed by atoms with Crippen LogP contribution in [0, 0.1) is 10.1 Å². The van der Waals surface area contributed by atoms with Crippen LogP contribution in [-0.4, -0.2) is 21.5 Å². The third-order valence-corrected chi connectivity index (χ3v) is 2.70. The summed E-state index contributed by atoms with van der Waals surface area (Å²) >= 11 is 0. The molecular weight excluding hydrogens is 300 g/mol. The number of nitro groups is 1. The molecule has 0 spiro atoms. The van der Waals surface area contributed by atoms with Gasteiger partial charge in [0.2, 0.25) is 11.8 Å². The molecular formula is C12H11F2N5O3. The maximum absolute atomic E-state index is 12.1. The number of hydrogen-bond acceptors (Lipinski definition) is 7. The molecule has 0 fully saturated rings. The number of alkyl halides is 2. The number of hydrogen-bond donors (Lipinski definition) is 2. The van der Waals surface area contributed by atoms with Gasteiger partial charge in [-0.15, -0.1) is 0 Å². The van der Waals surface area contributed by atoms with Gasteiger partial charge in [-0.2, -0.15) is 13.8 Å². The molecule has 0 aliphatic rings. The second kappa shape index (κ2) is 6.16. The molecule has 1 heterocycles. The molecule has 0 radical (unpaired) electrons. The number of halogens is 2. The highest BCUT2D eigenvalue weighted by atomic mass is 19.3. The minimum atomic E-state index is -2.92. The number of benzene rings is 1. The fraction of sp³-hybridized carbons (Fsp3) is 0.167. The second-order valence-electron chi connectivity index (χ2n) is 4.22. The number of ether oxygens (including phenoxy) is 1. The first-order valence-electron chi connectivity index (χ1n) is 5.97. The third kappa shape index (κ3) is 3.53. The van der Waals surface area contributed by atoms with E-state index in [2.05, 4.69) is 14.7 Å². The van der Waals surface area contributed by atoms with Crippen molar-refractivity contribution in [2.45, 2.75) is 13.0 Å². The molecule has 4 N–H and O–H groups in total. The van der Waals surface area contributed by atoms with Crippen molar-refractivity contribution in [1.29, 1.82) is 0 Å². The first-order chi connectivity index (χ1) is 10.4. The van der Waals surface area contributed by atoms with E-state index in [0.29, 0.717) is 5.56 Å². The second-order valence-corrected chi connectivity index (χ2v) is 4.22. The summed E-state index contributed by atoms with van der Waals surface area (Å²) in [7, 11) is 0. The summed E-state index contributed by atoms with van der Waals surface area (Å²) < 4.78 is 28.3. The Balaban J connectivity index is 2.29. The first kappa shape index (κ1) is 15.4. The van der Waals surface area contributed by atoms with Gasteiger partial charge in [-0.1, -0.05) is 12.1 Å². The van der Waals surface area contributed by atoms with Crippen molar-refractivity contribution in [3.63, 3.8) is 0 Å². The molecule has 0 saturated carbocycles. The van der Waals surface area contributed by atoms with Crippen LogP contribution < -0.4 is 16.2 Å². The predicted octanol–water partition coefficient (Wildman–Crippen LogP) is 1.74. The summed E-state index contributed by atoms with van der Waals surface area (Å²) in [6.07, 6.45) is 0.0438. The Labute approximate surface area is 122 Å². The van der Waals surface area contributed by atoms with Crippen LogP contribution in [0.3, 0.4) is 0 Å². The van der Waals surface area contributed by atoms with Crippen molar-refractivity contribution < 1.29 is 18.4 Å². The van der Waals surface area contributed by atoms with Crippen LogP contribution in [-0.2, 0) is 6.42 Å². The summed E-state index contributed by atoms with van der Waals surface area (Å²) in [5, 5.41) is 11.0. The highest BCUT2D eigenvalue weighted by Crippen LogP contribution is 2.26. The smallest absolute Gasteiger partial charge is 0.387 e. The first-order valence-corrected chi connectivity index (χ1v) is 5.97. The zero-order valence-corrected chi connectivity index (χ0v) is 11.1. The molecule has 8 nitrogen and oxygen atoms in total. The average molecular weight is 311 g/mol. The van der Waals surface area contributed by atoms with Gasteiger partial charge in [0.15, 0.2) is 0 Å². The van der Waals surface area contributed by atoms with Crippen molar-refractivity contribution >= 4 is 17.5 Å². The molecule has 10 heteroatoms. The van der Waals surface area contributed by atoms with Crippen LogP contribution in [0.15, 0.2) is 24.3 Å². The summed E-state index contributed by atoms with van der Waals surface area (Å²) in [5.41, 5.74) is 11.1. The van der Waals surface area contributed by atoms with E-state index >= 15 is 0 Å². The lowest BCUT2D eigenvalue weighted by atomic mass is 10.1. The molecule has 2 aromatic rings. The Morgan fingerprint density at radius 1 is 1.23 bits per heavy atom. The fourth-order valence-corrected chi connectivity index (χ4v) is 1.84. The van der Waals surface area contributed by atoms with Crippen molar-refractivity contribution in [2.24, 2.45) is 0 Å². The topological polar surface area (TPSA) is 130 Å². The molecule has 116 valence electrons. The van der Waals surface area contributed by atoms with Crippen LogP contribution in [0.25, 0.3) is 0 Å². The molecule has 0 atom stereocenters. The molecule has 0 amide bonds. The van der Waals surface area contributed by atoms with Gasteiger partial charge >= 0.3 is 12.3 Å². The standard InChI is InChI=1S/C12H11F2N5O3/c13-11(14)22-7-3-1-6(2-4-7)5-8-9(19(20)21)10(15)18-12(16)17-8/h1-4,11H,5H2,(H4,15,16,17,18). The van der Waals surface area contributed by atoms with Gasteiger partial charge in [0, 0.05) is 6.42 Å². The van der Waals surface area contributed by atoms with E-state index in [9.17, 15) is 18.9 Å². The van der Waals surface area contributed by atoms with E-state index in [1.807, 2.05) is 0 Å². The summed E-state index contributed by atoms with van der Waals surface area (Å²) in [4.78, 5) is 17.7. The van der Waals surface area contributed by atoms with Gasteiger partial charge in [-0.05, 0) is 17.7 Å². The number of aromatic nitrogens is 2. The van der Waals surface area contributed by atoms with E-state index in [-0.39, 0.29) is 29.6 Å². The maximum Gasteiger partial charge on any atom is 0.387 e. The molecule has 1 aromatic heterocycles. The summed E-state index contributed by atoms with van der Waals surface area (Å²) in [5.74, 6) is -0.532. The lowest BCUT2D eigenvalue weighted by Gasteiger charge is -2.07. The van der Waals surface area contributed by atoms with E-state index in [1.54, 1.807) is 0 Å². The quantitative estimate of drug-likeness (QED) is 0.635. The van der Waals surface area contributed by atoms with Gasteiger partial charge < -0.3 is 16.2 Å². The molecule has 0 bridgehead atoms. The van der Waals surface area contributed by atoms with Crippen LogP contribution in [0.2, 0.25) is 0 Å². The summed E-state index contributed by atoms with van der Waals surface area (Å²) in [6, 6.07) is 5.61. The van der Waals surface area contributed by atoms with Crippen molar-refractivity contribution in [3.8, 4) is 5.75 Å². The average Bonchev–Trinajstić information content (AvgIpc) is 2.39. The summed E-state index contributed by atoms with van der Waals surface area (Å²) in [6.45, 7) is -2.92. The highest BCUT2D eigenvalue weighted by Gasteiger charge is 2.22. The highest BCUT2D eigenvalue weighted by molar-refractivity contribution is 5.58. The zero-order valence-electron chi connectivity index (χ0n) is 11.1. The van der Waals surface area contributed by atoms with Gasteiger partial charge in [0.1, 0.15) is 11.4 Å². The minimum Gasteiger partial charge on any atom is -0.435 e. The number of nitrogens with two attached hydrogens (primary N) is 2. The Morgan fingerprint density at radius 3 is 2.41 bits per heavy atom. The molecule has 22 heavy (non-hydrogen) atoms. The van der Waals surface area contributed by atoms with E-state index < -0.39 is 17.2 Å². The Hall–Kier alpha value is -3.04. The van der Waals surface area contributed by atoms with E-state index in [0.717, 1.165) is 0 Å². The SMILES string of the molecule is Nc1nc(N)c([N+](=O)[O-])c(Cc2ccc(OC(F)F)cc2)n1. The molecule has 0 unspecified atom stereocenters. The Kier molecular flexibility index (Phi) is 4.30. The van der Waals surface area contributed by atoms with Gasteiger partial charge in [0.25, 0.3) is 0 Å². The van der Waals surface area contributed by atoms with Crippen LogP contribution in [0.5, 0.6) is 5.75 Å².